The number of alkyl halides is 3. The number of hydrogen-bond donors (Lipinski definition) is 0. The molecular formula is C15H16F3NO3. The van der Waals surface area contributed by atoms with Gasteiger partial charge in [0.05, 0.1) is 0 Å². The third-order valence-electron chi connectivity index (χ3n) is 3.29. The van der Waals surface area contributed by atoms with Gasteiger partial charge in [-0.1, -0.05) is 0 Å². The minimum atomic E-state index is -4.55. The van der Waals surface area contributed by atoms with Crippen LogP contribution in [0, 0.1) is 0 Å². The van der Waals surface area contributed by atoms with Crippen LogP contribution in [0.5, 0.6) is 11.5 Å². The lowest BCUT2D eigenvalue weighted by Gasteiger charge is -2.16. The number of carbonyl (C=O) groups is 1. The fourth-order valence-corrected chi connectivity index (χ4v) is 2.15. The smallest absolute Gasteiger partial charge is 0.420 e. The first-order valence-corrected chi connectivity index (χ1v) is 6.84. The van der Waals surface area contributed by atoms with E-state index in [4.69, 9.17) is 9.47 Å². The van der Waals surface area contributed by atoms with E-state index >= 15 is 0 Å². The van der Waals surface area contributed by atoms with Gasteiger partial charge in [0, 0.05) is 19.2 Å². The molecule has 7 heteroatoms. The summed E-state index contributed by atoms with van der Waals surface area (Å²) in [5.74, 6) is -0.527. The number of rotatable bonds is 4. The van der Waals surface area contributed by atoms with Crippen molar-refractivity contribution in [3.05, 3.63) is 29.3 Å². The third kappa shape index (κ3) is 3.35. The minimum Gasteiger partial charge on any atom is -0.454 e. The minimum absolute atomic E-state index is 0.0322. The Morgan fingerprint density at radius 2 is 1.95 bits per heavy atom. The number of hydrogen-bond acceptors (Lipinski definition) is 3. The molecule has 0 saturated heterocycles. The van der Waals surface area contributed by atoms with E-state index in [2.05, 4.69) is 0 Å². The Morgan fingerprint density at radius 1 is 1.27 bits per heavy atom. The van der Waals surface area contributed by atoms with Gasteiger partial charge in [-0.2, -0.15) is 13.2 Å². The number of nitrogens with zero attached hydrogens (tertiary/aromatic N) is 1. The molecule has 0 fully saturated rings. The lowest BCUT2D eigenvalue weighted by Crippen LogP contribution is -2.28. The first kappa shape index (κ1) is 16.2. The van der Waals surface area contributed by atoms with E-state index in [0.717, 1.165) is 6.07 Å². The van der Waals surface area contributed by atoms with Gasteiger partial charge in [0.15, 0.2) is 11.5 Å². The van der Waals surface area contributed by atoms with E-state index in [1.165, 1.54) is 18.2 Å². The number of ether oxygens (including phenoxy) is 2. The highest BCUT2D eigenvalue weighted by molar-refractivity contribution is 5.91. The Labute approximate surface area is 126 Å². The molecule has 0 unspecified atom stereocenters. The number of halogens is 3. The van der Waals surface area contributed by atoms with Crippen molar-refractivity contribution >= 4 is 12.0 Å². The van der Waals surface area contributed by atoms with E-state index in [9.17, 15) is 18.0 Å². The molecule has 0 atom stereocenters. The number of benzene rings is 1. The first-order valence-electron chi connectivity index (χ1n) is 6.84. The van der Waals surface area contributed by atoms with E-state index < -0.39 is 11.7 Å². The molecule has 1 aliphatic heterocycles. The highest BCUT2D eigenvalue weighted by Crippen LogP contribution is 2.45. The van der Waals surface area contributed by atoms with Crippen molar-refractivity contribution in [1.82, 2.24) is 4.90 Å². The maximum Gasteiger partial charge on any atom is 0.420 e. The average molecular weight is 315 g/mol. The second-order valence-corrected chi connectivity index (χ2v) is 4.64. The summed E-state index contributed by atoms with van der Waals surface area (Å²) in [6.45, 7) is 4.49. The summed E-state index contributed by atoms with van der Waals surface area (Å²) in [5.41, 5.74) is -0.672. The Morgan fingerprint density at radius 3 is 2.55 bits per heavy atom. The molecule has 0 aromatic heterocycles. The quantitative estimate of drug-likeness (QED) is 0.800. The molecule has 0 spiro atoms. The number of fused-ring (bicyclic) bond motifs is 1. The summed E-state index contributed by atoms with van der Waals surface area (Å²) >= 11 is 0. The van der Waals surface area contributed by atoms with Crippen LogP contribution in [0.25, 0.3) is 6.08 Å². The lowest BCUT2D eigenvalue weighted by atomic mass is 10.1. The lowest BCUT2D eigenvalue weighted by molar-refractivity contribution is -0.138. The van der Waals surface area contributed by atoms with Crippen molar-refractivity contribution in [2.75, 3.05) is 19.9 Å². The number of amides is 1. The molecule has 22 heavy (non-hydrogen) atoms. The SMILES string of the molecule is CCN(CC)C(=O)C=Cc1cc2c(c(C(F)(F)F)c1)OCO2. The zero-order valence-electron chi connectivity index (χ0n) is 12.2. The monoisotopic (exact) mass is 315 g/mol. The molecule has 1 aromatic rings. The molecule has 0 aliphatic carbocycles. The molecule has 1 amide bonds. The van der Waals surface area contributed by atoms with Gasteiger partial charge >= 0.3 is 6.18 Å². The average Bonchev–Trinajstić information content (AvgIpc) is 2.92. The van der Waals surface area contributed by atoms with E-state index in [0.29, 0.717) is 13.1 Å². The van der Waals surface area contributed by atoms with Crippen LogP contribution < -0.4 is 9.47 Å². The van der Waals surface area contributed by atoms with E-state index in [-0.39, 0.29) is 29.8 Å². The summed E-state index contributed by atoms with van der Waals surface area (Å²) in [5, 5.41) is 0. The second kappa shape index (κ2) is 6.29. The number of likely N-dealkylation sites (N-methyl/N-ethyl adjacent to an activating group) is 1. The Balaban J connectivity index is 2.31. The Kier molecular flexibility index (Phi) is 4.63. The van der Waals surface area contributed by atoms with Crippen LogP contribution in [0.4, 0.5) is 13.2 Å². The molecule has 1 aromatic carbocycles. The molecule has 0 saturated carbocycles. The summed E-state index contributed by atoms with van der Waals surface area (Å²) in [6.07, 6.45) is -1.95. The molecular weight excluding hydrogens is 299 g/mol. The van der Waals surface area contributed by atoms with Gasteiger partial charge in [-0.3, -0.25) is 4.79 Å². The van der Waals surface area contributed by atoms with Crippen molar-refractivity contribution in [1.29, 1.82) is 0 Å². The second-order valence-electron chi connectivity index (χ2n) is 4.64. The highest BCUT2D eigenvalue weighted by Gasteiger charge is 2.38. The summed E-state index contributed by atoms with van der Waals surface area (Å²) in [6, 6.07) is 2.36. The molecule has 0 radical (unpaired) electrons. The molecule has 0 N–H and O–H groups in total. The zero-order valence-corrected chi connectivity index (χ0v) is 12.2. The van der Waals surface area contributed by atoms with Gasteiger partial charge in [-0.25, -0.2) is 0 Å². The van der Waals surface area contributed by atoms with Gasteiger partial charge in [-0.05, 0) is 37.6 Å². The summed E-state index contributed by atoms with van der Waals surface area (Å²) < 4.78 is 49.0. The zero-order chi connectivity index (χ0) is 16.3. The van der Waals surface area contributed by atoms with Gasteiger partial charge in [0.1, 0.15) is 5.56 Å². The normalized spacial score (nSPS) is 13.7. The standard InChI is InChI=1S/C15H16F3NO3/c1-3-19(4-2)13(20)6-5-10-7-11(15(16,17)18)14-12(8-10)21-9-22-14/h5-8H,3-4,9H2,1-2H3. The summed E-state index contributed by atoms with van der Waals surface area (Å²) in [4.78, 5) is 13.4. The Hall–Kier alpha value is -2.18. The van der Waals surface area contributed by atoms with Crippen molar-refractivity contribution in [3.8, 4) is 11.5 Å². The Bertz CT molecular complexity index is 592. The number of carbonyl (C=O) groups excluding carboxylic acids is 1. The van der Waals surface area contributed by atoms with Gasteiger partial charge in [0.2, 0.25) is 12.7 Å². The predicted octanol–water partition coefficient (Wildman–Crippen LogP) is 3.32. The van der Waals surface area contributed by atoms with Crippen LogP contribution >= 0.6 is 0 Å². The largest absolute Gasteiger partial charge is 0.454 e. The van der Waals surface area contributed by atoms with Crippen LogP contribution in [-0.4, -0.2) is 30.7 Å². The first-order chi connectivity index (χ1) is 10.4. The van der Waals surface area contributed by atoms with Crippen LogP contribution in [0.3, 0.4) is 0 Å². The third-order valence-corrected chi connectivity index (χ3v) is 3.29. The van der Waals surface area contributed by atoms with Gasteiger partial charge in [0.25, 0.3) is 0 Å². The maximum absolute atomic E-state index is 13.0. The fourth-order valence-electron chi connectivity index (χ4n) is 2.15. The van der Waals surface area contributed by atoms with Gasteiger partial charge in [-0.15, -0.1) is 0 Å². The fraction of sp³-hybridized carbons (Fsp3) is 0.400. The van der Waals surface area contributed by atoms with Crippen molar-refractivity contribution < 1.29 is 27.4 Å². The highest BCUT2D eigenvalue weighted by atomic mass is 19.4. The van der Waals surface area contributed by atoms with Crippen molar-refractivity contribution in [2.45, 2.75) is 20.0 Å². The molecule has 4 nitrogen and oxygen atoms in total. The van der Waals surface area contributed by atoms with Crippen LogP contribution in [0.1, 0.15) is 25.0 Å². The predicted molar refractivity (Wildman–Crippen MR) is 74.5 cm³/mol. The van der Waals surface area contributed by atoms with Crippen molar-refractivity contribution in [3.63, 3.8) is 0 Å². The molecule has 0 bridgehead atoms. The molecule has 1 heterocycles. The van der Waals surface area contributed by atoms with Crippen LogP contribution in [-0.2, 0) is 11.0 Å². The molecule has 120 valence electrons. The van der Waals surface area contributed by atoms with E-state index in [1.54, 1.807) is 4.90 Å². The van der Waals surface area contributed by atoms with Crippen molar-refractivity contribution in [2.24, 2.45) is 0 Å². The van der Waals surface area contributed by atoms with E-state index in [1.807, 2.05) is 13.8 Å². The molecule has 1 aliphatic rings. The van der Waals surface area contributed by atoms with Crippen LogP contribution in [0.15, 0.2) is 18.2 Å². The maximum atomic E-state index is 13.0. The van der Waals surface area contributed by atoms with Crippen LogP contribution in [0.2, 0.25) is 0 Å². The molecule has 2 rings (SSSR count). The topological polar surface area (TPSA) is 38.8 Å². The van der Waals surface area contributed by atoms with Gasteiger partial charge < -0.3 is 14.4 Å². The summed E-state index contributed by atoms with van der Waals surface area (Å²) in [7, 11) is 0.